The van der Waals surface area contributed by atoms with E-state index in [1.54, 1.807) is 0 Å². The molecular weight excluding hydrogens is 410 g/mol. The largest absolute Gasteiger partial charge is 0.507 e. The van der Waals surface area contributed by atoms with Crippen LogP contribution in [0.25, 0.3) is 0 Å². The first kappa shape index (κ1) is 14.0. The highest BCUT2D eigenvalue weighted by Crippen LogP contribution is 2.39. The van der Waals surface area contributed by atoms with Crippen LogP contribution < -0.4 is 5.73 Å². The summed E-state index contributed by atoms with van der Waals surface area (Å²) in [5.41, 5.74) is 6.15. The van der Waals surface area contributed by atoms with E-state index in [2.05, 4.69) is 47.8 Å². The molecule has 0 saturated carbocycles. The van der Waals surface area contributed by atoms with Gasteiger partial charge in [0.1, 0.15) is 11.8 Å². The number of benzene rings is 1. The highest BCUT2D eigenvalue weighted by Gasteiger charge is 2.19. The second-order valence-corrected chi connectivity index (χ2v) is 5.57. The molecule has 4 nitrogen and oxygen atoms in total. The number of carboxylic acid groups (broad SMARTS) is 1. The molecule has 88 valence electrons. The summed E-state index contributed by atoms with van der Waals surface area (Å²) in [7, 11) is 0. The predicted octanol–water partition coefficient (Wildman–Crippen LogP) is 2.63. The van der Waals surface area contributed by atoms with Crippen LogP contribution in [0.15, 0.2) is 19.5 Å². The van der Waals surface area contributed by atoms with Crippen molar-refractivity contribution in [3.63, 3.8) is 0 Å². The Balaban J connectivity index is 3.14. The normalized spacial score (nSPS) is 12.5. The molecule has 0 aliphatic heterocycles. The quantitative estimate of drug-likeness (QED) is 0.660. The Morgan fingerprint density at radius 2 is 1.94 bits per heavy atom. The van der Waals surface area contributed by atoms with E-state index in [9.17, 15) is 9.90 Å². The van der Waals surface area contributed by atoms with E-state index in [4.69, 9.17) is 10.8 Å². The number of halogens is 3. The van der Waals surface area contributed by atoms with Crippen molar-refractivity contribution in [1.29, 1.82) is 0 Å². The summed E-state index contributed by atoms with van der Waals surface area (Å²) in [4.78, 5) is 10.7. The van der Waals surface area contributed by atoms with Gasteiger partial charge in [0, 0.05) is 15.4 Å². The Morgan fingerprint density at radius 3 is 2.44 bits per heavy atom. The maximum absolute atomic E-state index is 10.7. The van der Waals surface area contributed by atoms with Gasteiger partial charge in [-0.3, -0.25) is 4.79 Å². The monoisotopic (exact) mass is 415 g/mol. The molecule has 4 N–H and O–H groups in total. The summed E-state index contributed by atoms with van der Waals surface area (Å²) < 4.78 is 1.68. The van der Waals surface area contributed by atoms with Crippen LogP contribution in [0.4, 0.5) is 0 Å². The van der Waals surface area contributed by atoms with Crippen LogP contribution in [0.1, 0.15) is 5.56 Å². The van der Waals surface area contributed by atoms with E-state index >= 15 is 0 Å². The van der Waals surface area contributed by atoms with E-state index in [0.717, 1.165) is 0 Å². The Bertz CT molecular complexity index is 436. The average Bonchev–Trinajstić information content (AvgIpc) is 2.20. The second kappa shape index (κ2) is 5.48. The number of phenols is 1. The minimum atomic E-state index is -1.07. The van der Waals surface area contributed by atoms with Crippen molar-refractivity contribution in [2.45, 2.75) is 12.5 Å². The first-order chi connectivity index (χ1) is 7.34. The number of carbonyl (C=O) groups is 1. The van der Waals surface area contributed by atoms with Crippen LogP contribution in [0.5, 0.6) is 5.75 Å². The lowest BCUT2D eigenvalue weighted by Crippen LogP contribution is -2.32. The first-order valence-electron chi connectivity index (χ1n) is 4.18. The van der Waals surface area contributed by atoms with Crippen LogP contribution in [0, 0.1) is 0 Å². The minimum Gasteiger partial charge on any atom is -0.507 e. The molecule has 0 fully saturated rings. The smallest absolute Gasteiger partial charge is 0.320 e. The number of aromatic hydroxyl groups is 1. The Kier molecular flexibility index (Phi) is 4.78. The van der Waals surface area contributed by atoms with Gasteiger partial charge in [-0.1, -0.05) is 15.9 Å². The molecule has 0 spiro atoms. The number of hydrogen-bond donors (Lipinski definition) is 3. The van der Waals surface area contributed by atoms with Gasteiger partial charge in [-0.15, -0.1) is 0 Å². The van der Waals surface area contributed by atoms with E-state index in [1.807, 2.05) is 0 Å². The zero-order valence-electron chi connectivity index (χ0n) is 7.88. The second-order valence-electron chi connectivity index (χ2n) is 3.13. The Morgan fingerprint density at radius 1 is 1.38 bits per heavy atom. The maximum Gasteiger partial charge on any atom is 0.320 e. The minimum absolute atomic E-state index is 0.0615. The van der Waals surface area contributed by atoms with Gasteiger partial charge in [-0.2, -0.15) is 0 Å². The molecule has 16 heavy (non-hydrogen) atoms. The van der Waals surface area contributed by atoms with Crippen molar-refractivity contribution >= 4 is 53.8 Å². The molecule has 0 aliphatic carbocycles. The molecule has 0 heterocycles. The van der Waals surface area contributed by atoms with Gasteiger partial charge in [-0.25, -0.2) is 0 Å². The third-order valence-corrected chi connectivity index (χ3v) is 4.89. The molecule has 1 aromatic rings. The number of carboxylic acids is 1. The molecular formula is C9H8Br3NO3. The third-order valence-electron chi connectivity index (χ3n) is 1.98. The van der Waals surface area contributed by atoms with Crippen LogP contribution in [0.2, 0.25) is 0 Å². The Hall–Kier alpha value is -0.110. The lowest BCUT2D eigenvalue weighted by molar-refractivity contribution is -0.138. The van der Waals surface area contributed by atoms with Gasteiger partial charge >= 0.3 is 5.97 Å². The predicted molar refractivity (Wildman–Crippen MR) is 70.5 cm³/mol. The summed E-state index contributed by atoms with van der Waals surface area (Å²) in [5.74, 6) is -1.01. The van der Waals surface area contributed by atoms with E-state index in [0.29, 0.717) is 19.0 Å². The molecule has 7 heteroatoms. The molecule has 1 atom stereocenters. The van der Waals surface area contributed by atoms with Crippen LogP contribution in [-0.4, -0.2) is 22.2 Å². The molecule has 1 rings (SSSR count). The van der Waals surface area contributed by atoms with E-state index in [1.165, 1.54) is 6.07 Å². The fourth-order valence-corrected chi connectivity index (χ4v) is 2.89. The lowest BCUT2D eigenvalue weighted by atomic mass is 10.1. The van der Waals surface area contributed by atoms with Crippen molar-refractivity contribution in [2.24, 2.45) is 5.73 Å². The highest BCUT2D eigenvalue weighted by molar-refractivity contribution is 9.13. The van der Waals surface area contributed by atoms with Gasteiger partial charge in [0.25, 0.3) is 0 Å². The van der Waals surface area contributed by atoms with E-state index < -0.39 is 12.0 Å². The molecule has 1 unspecified atom stereocenters. The topological polar surface area (TPSA) is 83.5 Å². The van der Waals surface area contributed by atoms with Crippen LogP contribution >= 0.6 is 47.8 Å². The van der Waals surface area contributed by atoms with Gasteiger partial charge in [-0.05, 0) is 43.5 Å². The molecule has 0 saturated heterocycles. The van der Waals surface area contributed by atoms with Gasteiger partial charge in [0.15, 0.2) is 0 Å². The van der Waals surface area contributed by atoms with Crippen molar-refractivity contribution in [1.82, 2.24) is 0 Å². The lowest BCUT2D eigenvalue weighted by Gasteiger charge is -2.13. The van der Waals surface area contributed by atoms with Crippen molar-refractivity contribution in [3.05, 3.63) is 25.0 Å². The highest BCUT2D eigenvalue weighted by atomic mass is 79.9. The molecule has 0 amide bonds. The summed E-state index contributed by atoms with van der Waals surface area (Å²) in [6.07, 6.45) is 0.162. The summed E-state index contributed by atoms with van der Waals surface area (Å²) in [6, 6.07) is 0.503. The van der Waals surface area contributed by atoms with Crippen LogP contribution in [-0.2, 0) is 11.2 Å². The number of hydrogen-bond acceptors (Lipinski definition) is 3. The number of phenolic OH excluding ortho intramolecular Hbond substituents is 1. The van der Waals surface area contributed by atoms with Gasteiger partial charge < -0.3 is 15.9 Å². The zero-order valence-corrected chi connectivity index (χ0v) is 12.6. The average molecular weight is 418 g/mol. The molecule has 1 aromatic carbocycles. The Labute approximate surface area is 117 Å². The molecule has 0 bridgehead atoms. The van der Waals surface area contributed by atoms with Crippen molar-refractivity contribution < 1.29 is 15.0 Å². The summed E-state index contributed by atoms with van der Waals surface area (Å²) in [6.45, 7) is 0. The third kappa shape index (κ3) is 2.97. The molecule has 0 aromatic heterocycles. The molecule has 0 radical (unpaired) electrons. The summed E-state index contributed by atoms with van der Waals surface area (Å²) in [5, 5.41) is 18.2. The fraction of sp³-hybridized carbons (Fsp3) is 0.222. The fourth-order valence-electron chi connectivity index (χ4n) is 1.11. The van der Waals surface area contributed by atoms with Crippen LogP contribution in [0.3, 0.4) is 0 Å². The van der Waals surface area contributed by atoms with Crippen molar-refractivity contribution in [3.8, 4) is 5.75 Å². The van der Waals surface area contributed by atoms with Crippen molar-refractivity contribution in [2.75, 3.05) is 0 Å². The zero-order chi connectivity index (χ0) is 12.5. The SMILES string of the molecule is NC(Cc1c(Br)cc(O)c(Br)c1Br)C(=O)O. The van der Waals surface area contributed by atoms with E-state index in [-0.39, 0.29) is 12.2 Å². The van der Waals surface area contributed by atoms with Gasteiger partial charge in [0.2, 0.25) is 0 Å². The first-order valence-corrected chi connectivity index (χ1v) is 6.56. The standard InChI is InChI=1S/C9H8Br3NO3/c10-4-2-6(14)8(12)7(11)3(4)1-5(13)9(15)16/h2,5,14H,1,13H2,(H,15,16). The number of rotatable bonds is 3. The maximum atomic E-state index is 10.7. The van der Waals surface area contributed by atoms with Gasteiger partial charge in [0.05, 0.1) is 4.47 Å². The molecule has 0 aliphatic rings. The summed E-state index contributed by atoms with van der Waals surface area (Å²) >= 11 is 9.71. The number of nitrogens with two attached hydrogens (primary N) is 1. The number of aliphatic carboxylic acids is 1.